The molecule has 0 N–H and O–H groups in total. The van der Waals surface area contributed by atoms with Gasteiger partial charge in [0.1, 0.15) is 4.99 Å². The Morgan fingerprint density at radius 3 is 2.88 bits per heavy atom. The number of rotatable bonds is 0. The summed E-state index contributed by atoms with van der Waals surface area (Å²) >= 11 is 4.93. The molecule has 1 heterocycles. The maximum atomic E-state index is 5.07. The van der Waals surface area contributed by atoms with Crippen LogP contribution in [0, 0.1) is 0 Å². The summed E-state index contributed by atoms with van der Waals surface area (Å²) in [6.45, 7) is 2.39. The predicted molar refractivity (Wildman–Crippen MR) is 36.0 cm³/mol. The highest BCUT2D eigenvalue weighted by molar-refractivity contribution is 7.80. The normalized spacial score (nSPS) is 21.6. The zero-order chi connectivity index (χ0) is 5.98. The van der Waals surface area contributed by atoms with E-state index in [0.29, 0.717) is 6.61 Å². The van der Waals surface area contributed by atoms with E-state index in [-0.39, 0.29) is 0 Å². The first-order valence-electron chi connectivity index (χ1n) is 2.62. The smallest absolute Gasteiger partial charge is 0.104 e. The first-order valence-corrected chi connectivity index (χ1v) is 3.03. The lowest BCUT2D eigenvalue weighted by Gasteiger charge is -2.24. The minimum Gasteiger partial charge on any atom is -0.372 e. The van der Waals surface area contributed by atoms with Crippen molar-refractivity contribution >= 4 is 17.2 Å². The van der Waals surface area contributed by atoms with Crippen molar-refractivity contribution in [2.45, 2.75) is 0 Å². The van der Waals surface area contributed by atoms with Gasteiger partial charge in [-0.3, -0.25) is 0 Å². The monoisotopic (exact) mass is 131 g/mol. The Balaban J connectivity index is 2.39. The Bertz CT molecular complexity index is 105. The molecule has 0 atom stereocenters. The van der Waals surface area contributed by atoms with Crippen LogP contribution in [0.1, 0.15) is 0 Å². The average molecular weight is 131 g/mol. The molecule has 1 aliphatic heterocycles. The molecule has 0 aromatic carbocycles. The molecule has 0 bridgehead atoms. The Hall–Kier alpha value is -0.150. The van der Waals surface area contributed by atoms with Crippen molar-refractivity contribution in [3.8, 4) is 0 Å². The number of hydrogen-bond acceptors (Lipinski definition) is 2. The second-order valence-corrected chi connectivity index (χ2v) is 2.34. The van der Waals surface area contributed by atoms with Crippen molar-refractivity contribution in [1.29, 1.82) is 0 Å². The largest absolute Gasteiger partial charge is 0.372 e. The van der Waals surface area contributed by atoms with Crippen molar-refractivity contribution in [2.24, 2.45) is 0 Å². The lowest BCUT2D eigenvalue weighted by molar-refractivity contribution is 0.128. The van der Waals surface area contributed by atoms with Gasteiger partial charge in [-0.25, -0.2) is 0 Å². The molecule has 0 aliphatic carbocycles. The molecule has 0 unspecified atom stereocenters. The highest BCUT2D eigenvalue weighted by Gasteiger charge is 2.08. The number of nitrogens with zero attached hydrogens (tertiary/aromatic N) is 1. The summed E-state index contributed by atoms with van der Waals surface area (Å²) in [6.07, 6.45) is 0. The van der Waals surface area contributed by atoms with Gasteiger partial charge in [0, 0.05) is 13.6 Å². The maximum Gasteiger partial charge on any atom is 0.104 e. The first kappa shape index (κ1) is 5.98. The van der Waals surface area contributed by atoms with Crippen LogP contribution in [0.4, 0.5) is 0 Å². The van der Waals surface area contributed by atoms with Crippen LogP contribution in [-0.4, -0.2) is 36.7 Å². The van der Waals surface area contributed by atoms with Crippen LogP contribution >= 0.6 is 12.2 Å². The van der Waals surface area contributed by atoms with Gasteiger partial charge in [-0.1, -0.05) is 12.2 Å². The molecule has 2 nitrogen and oxygen atoms in total. The summed E-state index contributed by atoms with van der Waals surface area (Å²) in [5.41, 5.74) is 0. The van der Waals surface area contributed by atoms with Crippen LogP contribution in [0.2, 0.25) is 0 Å². The third-order valence-electron chi connectivity index (χ3n) is 1.22. The number of thiocarbonyl (C=S) groups is 1. The van der Waals surface area contributed by atoms with Crippen molar-refractivity contribution in [2.75, 3.05) is 26.8 Å². The highest BCUT2D eigenvalue weighted by Crippen LogP contribution is 1.95. The molecule has 0 spiro atoms. The van der Waals surface area contributed by atoms with Gasteiger partial charge < -0.3 is 9.64 Å². The average Bonchev–Trinajstić information content (AvgIpc) is 1.77. The summed E-state index contributed by atoms with van der Waals surface area (Å²) in [6, 6.07) is 0. The van der Waals surface area contributed by atoms with Crippen LogP contribution in [0.15, 0.2) is 0 Å². The summed E-state index contributed by atoms with van der Waals surface area (Å²) in [4.78, 5) is 2.95. The van der Waals surface area contributed by atoms with Crippen LogP contribution in [0.3, 0.4) is 0 Å². The maximum absolute atomic E-state index is 5.07. The van der Waals surface area contributed by atoms with E-state index < -0.39 is 0 Å². The standard InChI is InChI=1S/C5H9NOS/c1-6-2-3-7-4-5(6)8/h2-4H2,1H3. The van der Waals surface area contributed by atoms with Crippen LogP contribution in [-0.2, 0) is 4.74 Å². The van der Waals surface area contributed by atoms with Crippen molar-refractivity contribution in [3.63, 3.8) is 0 Å². The molecule has 8 heavy (non-hydrogen) atoms. The minimum atomic E-state index is 0.631. The second-order valence-electron chi connectivity index (χ2n) is 1.87. The van der Waals surface area contributed by atoms with E-state index in [9.17, 15) is 0 Å². The Morgan fingerprint density at radius 2 is 2.50 bits per heavy atom. The fourth-order valence-electron chi connectivity index (χ4n) is 0.596. The molecule has 0 radical (unpaired) electrons. The van der Waals surface area contributed by atoms with E-state index in [4.69, 9.17) is 17.0 Å². The molecular weight excluding hydrogens is 122 g/mol. The highest BCUT2D eigenvalue weighted by atomic mass is 32.1. The number of likely N-dealkylation sites (N-methyl/N-ethyl adjacent to an activating group) is 1. The fraction of sp³-hybridized carbons (Fsp3) is 0.800. The molecule has 0 aromatic rings. The van der Waals surface area contributed by atoms with Gasteiger partial charge >= 0.3 is 0 Å². The summed E-state index contributed by atoms with van der Waals surface area (Å²) < 4.78 is 5.07. The third kappa shape index (κ3) is 1.17. The SMILES string of the molecule is CN1CCOCC1=S. The predicted octanol–water partition coefficient (Wildman–Crippen LogP) is 0.276. The van der Waals surface area contributed by atoms with Crippen LogP contribution in [0.5, 0.6) is 0 Å². The van der Waals surface area contributed by atoms with Gasteiger partial charge in [-0.15, -0.1) is 0 Å². The number of hydrogen-bond donors (Lipinski definition) is 0. The molecule has 1 fully saturated rings. The van der Waals surface area contributed by atoms with Crippen LogP contribution < -0.4 is 0 Å². The Morgan fingerprint density at radius 1 is 1.75 bits per heavy atom. The summed E-state index contributed by atoms with van der Waals surface area (Å²) in [5.74, 6) is 0. The van der Waals surface area contributed by atoms with E-state index >= 15 is 0 Å². The van der Waals surface area contributed by atoms with Gasteiger partial charge in [0.2, 0.25) is 0 Å². The molecule has 46 valence electrons. The Labute approximate surface area is 54.4 Å². The topological polar surface area (TPSA) is 12.5 Å². The number of ether oxygens (including phenoxy) is 1. The van der Waals surface area contributed by atoms with Crippen LogP contribution in [0.25, 0.3) is 0 Å². The van der Waals surface area contributed by atoms with Crippen molar-refractivity contribution < 1.29 is 4.74 Å². The number of morpholine rings is 1. The second kappa shape index (κ2) is 2.42. The minimum absolute atomic E-state index is 0.631. The molecule has 1 rings (SSSR count). The molecule has 0 amide bonds. The molecule has 1 aliphatic rings. The van der Waals surface area contributed by atoms with E-state index in [2.05, 4.69) is 0 Å². The molecule has 0 saturated carbocycles. The van der Waals surface area contributed by atoms with E-state index in [1.54, 1.807) is 0 Å². The molecule has 1 saturated heterocycles. The molecular formula is C5H9NOS. The first-order chi connectivity index (χ1) is 3.80. The zero-order valence-electron chi connectivity index (χ0n) is 4.89. The van der Waals surface area contributed by atoms with Gasteiger partial charge in [-0.2, -0.15) is 0 Å². The summed E-state index contributed by atoms with van der Waals surface area (Å²) in [7, 11) is 1.99. The van der Waals surface area contributed by atoms with Crippen molar-refractivity contribution in [1.82, 2.24) is 4.90 Å². The van der Waals surface area contributed by atoms with Crippen molar-refractivity contribution in [3.05, 3.63) is 0 Å². The quantitative estimate of drug-likeness (QED) is 0.438. The van der Waals surface area contributed by atoms with Gasteiger partial charge in [0.25, 0.3) is 0 Å². The Kier molecular flexibility index (Phi) is 1.81. The zero-order valence-corrected chi connectivity index (χ0v) is 5.70. The van der Waals surface area contributed by atoms with E-state index in [0.717, 1.165) is 18.1 Å². The fourth-order valence-corrected chi connectivity index (χ4v) is 0.770. The molecule has 0 aromatic heterocycles. The molecule has 3 heteroatoms. The van der Waals surface area contributed by atoms with Gasteiger partial charge in [-0.05, 0) is 0 Å². The third-order valence-corrected chi connectivity index (χ3v) is 1.65. The van der Waals surface area contributed by atoms with Gasteiger partial charge in [0.15, 0.2) is 0 Å². The summed E-state index contributed by atoms with van der Waals surface area (Å²) in [5, 5.41) is 0. The van der Waals surface area contributed by atoms with E-state index in [1.165, 1.54) is 0 Å². The lowest BCUT2D eigenvalue weighted by atomic mass is 10.5. The van der Waals surface area contributed by atoms with E-state index in [1.807, 2.05) is 11.9 Å². The lowest BCUT2D eigenvalue weighted by Crippen LogP contribution is -2.37. The van der Waals surface area contributed by atoms with Gasteiger partial charge in [0.05, 0.1) is 13.2 Å².